The van der Waals surface area contributed by atoms with Crippen LogP contribution >= 0.6 is 11.6 Å². The highest BCUT2D eigenvalue weighted by Gasteiger charge is 2.37. The van der Waals surface area contributed by atoms with Gasteiger partial charge in [0.2, 0.25) is 5.92 Å². The van der Waals surface area contributed by atoms with Crippen LogP contribution in [0.2, 0.25) is 5.02 Å². The Bertz CT molecular complexity index is 741. The number of amidine groups is 1. The molecule has 1 aromatic carbocycles. The molecule has 1 fully saturated rings. The average Bonchev–Trinajstić information content (AvgIpc) is 2.62. The predicted molar refractivity (Wildman–Crippen MR) is 99.3 cm³/mol. The van der Waals surface area contributed by atoms with Crippen molar-refractivity contribution in [3.8, 4) is 0 Å². The third-order valence-corrected chi connectivity index (χ3v) is 5.38. The Morgan fingerprint density at radius 2 is 1.90 bits per heavy atom. The summed E-state index contributed by atoms with van der Waals surface area (Å²) in [6.07, 6.45) is -6.47. The van der Waals surface area contributed by atoms with Crippen molar-refractivity contribution < 1.29 is 36.5 Å². The van der Waals surface area contributed by atoms with Gasteiger partial charge in [-0.05, 0) is 30.9 Å². The van der Waals surface area contributed by atoms with E-state index in [1.807, 2.05) is 0 Å². The Hall–Kier alpha value is -1.81. The molecule has 3 N–H and O–H groups in total. The SMILES string of the molecule is N=C(Cc1c(F)cccc1Cl)N(CC1CCC(F)(F)CC1)C(=O)[NH2+]CCC(F)(F)F. The average molecular weight is 459 g/mol. The quantitative estimate of drug-likeness (QED) is 0.360. The molecule has 4 nitrogen and oxygen atoms in total. The molecular formula is C19H23ClF6N3O+. The van der Waals surface area contributed by atoms with E-state index in [1.165, 1.54) is 12.1 Å². The second-order valence-electron chi connectivity index (χ2n) is 7.43. The highest BCUT2D eigenvalue weighted by Crippen LogP contribution is 2.36. The number of nitrogens with two attached hydrogens (primary N) is 1. The number of nitrogens with one attached hydrogen (secondary N) is 1. The minimum absolute atomic E-state index is 0.0209. The Morgan fingerprint density at radius 3 is 2.47 bits per heavy atom. The molecule has 0 bridgehead atoms. The molecule has 0 unspecified atom stereocenters. The van der Waals surface area contributed by atoms with E-state index in [0.29, 0.717) is 0 Å². The number of nitrogens with zero attached hydrogens (tertiary/aromatic N) is 1. The molecule has 1 saturated carbocycles. The molecule has 11 heteroatoms. The number of hydrogen-bond donors (Lipinski definition) is 2. The van der Waals surface area contributed by atoms with E-state index in [9.17, 15) is 31.1 Å². The molecule has 168 valence electrons. The zero-order valence-corrected chi connectivity index (χ0v) is 16.8. The number of hydrogen-bond acceptors (Lipinski definition) is 2. The van der Waals surface area contributed by atoms with Crippen LogP contribution in [0, 0.1) is 17.1 Å². The highest BCUT2D eigenvalue weighted by molar-refractivity contribution is 6.31. The normalized spacial score (nSPS) is 17.0. The first kappa shape index (κ1) is 24.5. The van der Waals surface area contributed by atoms with Crippen molar-refractivity contribution in [1.29, 1.82) is 5.41 Å². The van der Waals surface area contributed by atoms with Crippen molar-refractivity contribution >= 4 is 23.5 Å². The van der Waals surface area contributed by atoms with Gasteiger partial charge >= 0.3 is 12.2 Å². The lowest BCUT2D eigenvalue weighted by Crippen LogP contribution is -2.91. The summed E-state index contributed by atoms with van der Waals surface area (Å²) in [5, 5.41) is 9.12. The van der Waals surface area contributed by atoms with E-state index in [-0.39, 0.29) is 61.0 Å². The van der Waals surface area contributed by atoms with E-state index in [4.69, 9.17) is 17.0 Å². The van der Waals surface area contributed by atoms with Gasteiger partial charge in [-0.3, -0.25) is 10.7 Å². The Balaban J connectivity index is 2.11. The maximum Gasteiger partial charge on any atom is 0.421 e. The van der Waals surface area contributed by atoms with Gasteiger partial charge in [-0.25, -0.2) is 22.9 Å². The van der Waals surface area contributed by atoms with Crippen molar-refractivity contribution in [2.45, 2.75) is 50.6 Å². The van der Waals surface area contributed by atoms with E-state index in [0.717, 1.165) is 16.3 Å². The van der Waals surface area contributed by atoms with Crippen LogP contribution < -0.4 is 5.32 Å². The summed E-state index contributed by atoms with van der Waals surface area (Å²) < 4.78 is 78.0. The molecule has 1 aromatic rings. The van der Waals surface area contributed by atoms with Crippen LogP contribution in [0.25, 0.3) is 0 Å². The monoisotopic (exact) mass is 458 g/mol. The summed E-state index contributed by atoms with van der Waals surface area (Å²) in [5.74, 6) is -4.15. The van der Waals surface area contributed by atoms with Gasteiger partial charge in [-0.2, -0.15) is 13.2 Å². The van der Waals surface area contributed by atoms with Crippen LogP contribution in [0.5, 0.6) is 0 Å². The number of carbonyl (C=O) groups is 1. The molecule has 2 amide bonds. The van der Waals surface area contributed by atoms with Crippen LogP contribution in [0.3, 0.4) is 0 Å². The summed E-state index contributed by atoms with van der Waals surface area (Å²) in [7, 11) is 0. The van der Waals surface area contributed by atoms with Gasteiger partial charge in [0.05, 0.1) is 13.0 Å². The molecule has 1 aliphatic rings. The zero-order valence-electron chi connectivity index (χ0n) is 16.0. The minimum atomic E-state index is -4.44. The number of carbonyl (C=O) groups excluding carboxylic acids is 1. The molecule has 0 heterocycles. The first-order chi connectivity index (χ1) is 13.9. The number of benzene rings is 1. The molecule has 2 rings (SSSR count). The van der Waals surface area contributed by atoms with Crippen molar-refractivity contribution in [2.24, 2.45) is 5.92 Å². The lowest BCUT2D eigenvalue weighted by molar-refractivity contribution is -0.565. The Labute approximate surface area is 175 Å². The van der Waals surface area contributed by atoms with Gasteiger partial charge in [-0.1, -0.05) is 17.7 Å². The molecule has 0 atom stereocenters. The van der Waals surface area contributed by atoms with Crippen molar-refractivity contribution in [1.82, 2.24) is 4.90 Å². The number of primary amides is 1. The van der Waals surface area contributed by atoms with Crippen LogP contribution in [-0.4, -0.2) is 42.0 Å². The molecule has 1 aliphatic carbocycles. The van der Waals surface area contributed by atoms with Crippen LogP contribution in [-0.2, 0) is 6.42 Å². The van der Waals surface area contributed by atoms with Gasteiger partial charge in [0.25, 0.3) is 0 Å². The number of quaternary nitrogens is 1. The third kappa shape index (κ3) is 7.46. The van der Waals surface area contributed by atoms with Crippen LogP contribution in [0.1, 0.15) is 37.7 Å². The summed E-state index contributed by atoms with van der Waals surface area (Å²) in [4.78, 5) is 13.5. The highest BCUT2D eigenvalue weighted by atomic mass is 35.5. The van der Waals surface area contributed by atoms with E-state index in [1.54, 1.807) is 0 Å². The second-order valence-corrected chi connectivity index (χ2v) is 7.84. The second kappa shape index (κ2) is 10.00. The summed E-state index contributed by atoms with van der Waals surface area (Å²) in [5.41, 5.74) is -0.0209. The number of alkyl halides is 5. The largest absolute Gasteiger partial charge is 0.421 e. The van der Waals surface area contributed by atoms with Crippen molar-refractivity contribution in [2.75, 3.05) is 13.1 Å². The minimum Gasteiger partial charge on any atom is -0.288 e. The number of halogens is 7. The summed E-state index contributed by atoms with van der Waals surface area (Å²) in [6, 6.07) is 3.09. The molecule has 0 radical (unpaired) electrons. The number of amides is 2. The fourth-order valence-corrected chi connectivity index (χ4v) is 3.54. The van der Waals surface area contributed by atoms with Crippen molar-refractivity contribution in [3.63, 3.8) is 0 Å². The van der Waals surface area contributed by atoms with Crippen molar-refractivity contribution in [3.05, 3.63) is 34.6 Å². The smallest absolute Gasteiger partial charge is 0.288 e. The third-order valence-electron chi connectivity index (χ3n) is 5.02. The van der Waals surface area contributed by atoms with Gasteiger partial charge in [-0.15, -0.1) is 0 Å². The molecule has 0 aromatic heterocycles. The molecular weight excluding hydrogens is 436 g/mol. The van der Waals surface area contributed by atoms with Gasteiger partial charge in [0.15, 0.2) is 0 Å². The summed E-state index contributed by atoms with van der Waals surface area (Å²) >= 11 is 5.96. The van der Waals surface area contributed by atoms with E-state index >= 15 is 0 Å². The van der Waals surface area contributed by atoms with Crippen LogP contribution in [0.4, 0.5) is 31.1 Å². The fraction of sp³-hybridized carbons (Fsp3) is 0.579. The van der Waals surface area contributed by atoms with Gasteiger partial charge in [0, 0.05) is 36.4 Å². The maximum absolute atomic E-state index is 14.1. The first-order valence-electron chi connectivity index (χ1n) is 9.47. The Morgan fingerprint density at radius 1 is 1.27 bits per heavy atom. The van der Waals surface area contributed by atoms with E-state index in [2.05, 4.69) is 0 Å². The molecule has 0 spiro atoms. The number of urea groups is 1. The first-order valence-corrected chi connectivity index (χ1v) is 9.85. The zero-order chi connectivity index (χ0) is 22.5. The molecule has 30 heavy (non-hydrogen) atoms. The van der Waals surface area contributed by atoms with Gasteiger partial charge in [0.1, 0.15) is 11.7 Å². The molecule has 0 aliphatic heterocycles. The summed E-state index contributed by atoms with van der Waals surface area (Å²) in [6.45, 7) is -0.669. The maximum atomic E-state index is 14.1. The topological polar surface area (TPSA) is 60.8 Å². The standard InChI is InChI=1S/C19H22ClF6N3O/c20-14-2-1-3-15(21)13(14)10-16(27)29(17(30)28-9-8-19(24,25)26)11-12-4-6-18(22,23)7-5-12/h1-3,12,27H,4-11H2,(H,28,30)/p+1. The fourth-order valence-electron chi connectivity index (χ4n) is 3.31. The number of rotatable bonds is 6. The lowest BCUT2D eigenvalue weighted by atomic mass is 9.86. The lowest BCUT2D eigenvalue weighted by Gasteiger charge is -2.31. The Kier molecular flexibility index (Phi) is 8.15. The predicted octanol–water partition coefficient (Wildman–Crippen LogP) is 4.76. The van der Waals surface area contributed by atoms with E-state index < -0.39 is 36.9 Å². The molecule has 0 saturated heterocycles. The van der Waals surface area contributed by atoms with Crippen LogP contribution in [0.15, 0.2) is 18.2 Å². The van der Waals surface area contributed by atoms with Gasteiger partial charge < -0.3 is 0 Å².